The molecule has 0 bridgehead atoms. The summed E-state index contributed by atoms with van der Waals surface area (Å²) in [7, 11) is 0. The molecular weight excluding hydrogens is 354 g/mol. The lowest BCUT2D eigenvalue weighted by Crippen LogP contribution is -2.31. The summed E-state index contributed by atoms with van der Waals surface area (Å²) >= 11 is 1.52. The van der Waals surface area contributed by atoms with Gasteiger partial charge >= 0.3 is 0 Å². The molecule has 0 saturated carbocycles. The molecule has 4 rings (SSSR count). The van der Waals surface area contributed by atoms with Crippen LogP contribution in [-0.2, 0) is 11.3 Å². The molecule has 136 valence electrons. The van der Waals surface area contributed by atoms with E-state index >= 15 is 0 Å². The second-order valence-electron chi connectivity index (χ2n) is 6.41. The van der Waals surface area contributed by atoms with Gasteiger partial charge in [-0.05, 0) is 31.5 Å². The van der Waals surface area contributed by atoms with E-state index in [4.69, 9.17) is 9.47 Å². The molecule has 1 unspecified atom stereocenters. The van der Waals surface area contributed by atoms with Gasteiger partial charge in [-0.2, -0.15) is 0 Å². The quantitative estimate of drug-likeness (QED) is 0.825. The van der Waals surface area contributed by atoms with E-state index < -0.39 is 0 Å². The van der Waals surface area contributed by atoms with Crippen molar-refractivity contribution in [2.45, 2.75) is 38.0 Å². The number of thioether (sulfide) groups is 1. The van der Waals surface area contributed by atoms with Crippen molar-refractivity contribution in [3.8, 4) is 11.5 Å². The van der Waals surface area contributed by atoms with Crippen LogP contribution in [-0.4, -0.2) is 28.0 Å². The molecule has 0 spiro atoms. The largest absolute Gasteiger partial charge is 0.454 e. The number of nitrogens with one attached hydrogen (secondary N) is 1. The molecule has 1 aromatic heterocycles. The van der Waals surface area contributed by atoms with Crippen LogP contribution in [0.1, 0.15) is 29.3 Å². The van der Waals surface area contributed by atoms with Crippen LogP contribution in [0.25, 0.3) is 0 Å². The average Bonchev–Trinajstić information content (AvgIpc) is 3.24. The molecule has 2 aliphatic rings. The molecular formula is C18H19N3O4S. The van der Waals surface area contributed by atoms with E-state index in [0.717, 1.165) is 17.0 Å². The number of carbonyl (C=O) groups is 1. The molecule has 1 aromatic carbocycles. The summed E-state index contributed by atoms with van der Waals surface area (Å²) in [5, 5.41) is 3.61. The molecule has 2 aromatic rings. The predicted octanol–water partition coefficient (Wildman–Crippen LogP) is 1.94. The maximum atomic E-state index is 12.5. The lowest BCUT2D eigenvalue weighted by atomic mass is 10.1. The number of rotatable bonds is 4. The summed E-state index contributed by atoms with van der Waals surface area (Å²) in [6.07, 6.45) is 0.259. The Balaban J connectivity index is 1.41. The van der Waals surface area contributed by atoms with Crippen molar-refractivity contribution in [1.82, 2.24) is 14.9 Å². The summed E-state index contributed by atoms with van der Waals surface area (Å²) in [6, 6.07) is 5.44. The number of aromatic nitrogens is 2. The number of hydrogen-bond acceptors (Lipinski definition) is 6. The molecule has 1 N–H and O–H groups in total. The van der Waals surface area contributed by atoms with Gasteiger partial charge in [-0.15, -0.1) is 0 Å². The maximum absolute atomic E-state index is 12.5. The summed E-state index contributed by atoms with van der Waals surface area (Å²) < 4.78 is 12.3. The van der Waals surface area contributed by atoms with Crippen LogP contribution < -0.4 is 20.3 Å². The molecule has 0 radical (unpaired) electrons. The Bertz CT molecular complexity index is 941. The highest BCUT2D eigenvalue weighted by Gasteiger charge is 2.28. The van der Waals surface area contributed by atoms with Gasteiger partial charge in [-0.3, -0.25) is 14.2 Å². The summed E-state index contributed by atoms with van der Waals surface area (Å²) in [4.78, 5) is 29.3. The predicted molar refractivity (Wildman–Crippen MR) is 96.8 cm³/mol. The molecule has 26 heavy (non-hydrogen) atoms. The van der Waals surface area contributed by atoms with Crippen molar-refractivity contribution in [2.24, 2.45) is 0 Å². The van der Waals surface area contributed by atoms with Gasteiger partial charge in [-0.1, -0.05) is 17.8 Å². The Morgan fingerprint density at radius 1 is 1.35 bits per heavy atom. The second kappa shape index (κ2) is 6.68. The number of ether oxygens (including phenoxy) is 2. The van der Waals surface area contributed by atoms with E-state index in [9.17, 15) is 9.59 Å². The van der Waals surface area contributed by atoms with Crippen molar-refractivity contribution in [1.29, 1.82) is 0 Å². The number of aryl methyl sites for hydroxylation is 1. The Labute approximate surface area is 154 Å². The van der Waals surface area contributed by atoms with Crippen LogP contribution in [0.15, 0.2) is 28.2 Å². The number of hydrogen-bond donors (Lipinski definition) is 1. The normalized spacial score (nSPS) is 17.2. The van der Waals surface area contributed by atoms with E-state index in [-0.39, 0.29) is 30.7 Å². The van der Waals surface area contributed by atoms with Crippen LogP contribution in [0.4, 0.5) is 0 Å². The molecule has 7 nitrogen and oxygen atoms in total. The van der Waals surface area contributed by atoms with E-state index in [1.807, 2.05) is 25.1 Å². The molecule has 3 heterocycles. The maximum Gasteiger partial charge on any atom is 0.257 e. The highest BCUT2D eigenvalue weighted by atomic mass is 32.2. The molecule has 1 amide bonds. The van der Waals surface area contributed by atoms with Crippen LogP contribution >= 0.6 is 11.8 Å². The minimum atomic E-state index is -0.161. The van der Waals surface area contributed by atoms with E-state index in [1.54, 1.807) is 11.5 Å². The van der Waals surface area contributed by atoms with Gasteiger partial charge in [0.25, 0.3) is 5.56 Å². The SMILES string of the molecule is Cc1nc2n(c(=O)c1C)C(CC(=O)NCc1ccc3c(c1)OCO3)CS2. The Morgan fingerprint density at radius 2 is 2.15 bits per heavy atom. The van der Waals surface area contributed by atoms with Crippen molar-refractivity contribution in [2.75, 3.05) is 12.5 Å². The molecule has 2 aliphatic heterocycles. The zero-order valence-electron chi connectivity index (χ0n) is 14.6. The number of carbonyl (C=O) groups excluding carboxylic acids is 1. The third-order valence-corrected chi connectivity index (χ3v) is 5.77. The standard InChI is InChI=1S/C18H19N3O4S/c1-10-11(2)20-18-21(17(10)23)13(8-26-18)6-16(22)19-7-12-3-4-14-15(5-12)25-9-24-14/h3-5,13H,6-9H2,1-2H3,(H,19,22). The summed E-state index contributed by atoms with van der Waals surface area (Å²) in [5.41, 5.74) is 2.28. The highest BCUT2D eigenvalue weighted by Crippen LogP contribution is 2.33. The minimum absolute atomic E-state index is 0.0499. The fraction of sp³-hybridized carbons (Fsp3) is 0.389. The zero-order chi connectivity index (χ0) is 18.3. The Hall–Kier alpha value is -2.48. The second-order valence-corrected chi connectivity index (χ2v) is 7.40. The summed E-state index contributed by atoms with van der Waals surface area (Å²) in [5.74, 6) is 2.01. The van der Waals surface area contributed by atoms with Crippen molar-refractivity contribution >= 4 is 17.7 Å². The van der Waals surface area contributed by atoms with Gasteiger partial charge in [0.2, 0.25) is 12.7 Å². The van der Waals surface area contributed by atoms with Crippen LogP contribution in [0.5, 0.6) is 11.5 Å². The topological polar surface area (TPSA) is 82.5 Å². The van der Waals surface area contributed by atoms with Crippen LogP contribution in [0.3, 0.4) is 0 Å². The van der Waals surface area contributed by atoms with E-state index in [0.29, 0.717) is 28.8 Å². The molecule has 8 heteroatoms. The first kappa shape index (κ1) is 17.0. The lowest BCUT2D eigenvalue weighted by molar-refractivity contribution is -0.121. The highest BCUT2D eigenvalue weighted by molar-refractivity contribution is 7.99. The lowest BCUT2D eigenvalue weighted by Gasteiger charge is -2.14. The van der Waals surface area contributed by atoms with Gasteiger partial charge < -0.3 is 14.8 Å². The van der Waals surface area contributed by atoms with E-state index in [2.05, 4.69) is 10.3 Å². The van der Waals surface area contributed by atoms with Gasteiger partial charge in [0.15, 0.2) is 16.7 Å². The number of benzene rings is 1. The zero-order valence-corrected chi connectivity index (χ0v) is 15.4. The minimum Gasteiger partial charge on any atom is -0.454 e. The number of amides is 1. The average molecular weight is 373 g/mol. The Morgan fingerprint density at radius 3 is 3.00 bits per heavy atom. The van der Waals surface area contributed by atoms with Crippen LogP contribution in [0.2, 0.25) is 0 Å². The third kappa shape index (κ3) is 3.05. The smallest absolute Gasteiger partial charge is 0.257 e. The van der Waals surface area contributed by atoms with Crippen molar-refractivity contribution < 1.29 is 14.3 Å². The third-order valence-electron chi connectivity index (χ3n) is 4.67. The first-order chi connectivity index (χ1) is 12.5. The Kier molecular flexibility index (Phi) is 4.36. The van der Waals surface area contributed by atoms with Crippen molar-refractivity contribution in [3.63, 3.8) is 0 Å². The first-order valence-corrected chi connectivity index (χ1v) is 9.39. The fourth-order valence-electron chi connectivity index (χ4n) is 3.06. The monoisotopic (exact) mass is 373 g/mol. The molecule has 1 atom stereocenters. The number of fused-ring (bicyclic) bond motifs is 2. The van der Waals surface area contributed by atoms with E-state index in [1.165, 1.54) is 11.8 Å². The van der Waals surface area contributed by atoms with Gasteiger partial charge in [0.1, 0.15) is 0 Å². The molecule has 0 saturated heterocycles. The fourth-order valence-corrected chi connectivity index (χ4v) is 4.24. The van der Waals surface area contributed by atoms with Gasteiger partial charge in [0.05, 0.1) is 6.04 Å². The summed E-state index contributed by atoms with van der Waals surface area (Å²) in [6.45, 7) is 4.25. The molecule has 0 fully saturated rings. The first-order valence-electron chi connectivity index (χ1n) is 8.40. The van der Waals surface area contributed by atoms with Crippen molar-refractivity contribution in [3.05, 3.63) is 45.4 Å². The van der Waals surface area contributed by atoms with Gasteiger partial charge in [-0.25, -0.2) is 4.98 Å². The number of nitrogens with zero attached hydrogens (tertiary/aromatic N) is 2. The van der Waals surface area contributed by atoms with Gasteiger partial charge in [0, 0.05) is 30.0 Å². The molecule has 0 aliphatic carbocycles. The van der Waals surface area contributed by atoms with Crippen LogP contribution in [0, 0.1) is 13.8 Å².